The Hall–Kier alpha value is -9.53. The normalized spacial score (nSPS) is 23.2. The summed E-state index contributed by atoms with van der Waals surface area (Å²) in [7, 11) is 3.47. The standard InChI is InChI=1S/C68H116N18O20/c1-30(2)28-32(5)51(90)35(8)56(94)77-36(9)57(95)78-42(18-16-26-75-67(71)72)52(91)53(92)63(101)81-47(33(6)34(7)55(70)93)60(98)83-49-39(12)106-66(104)37(10)85(13)65(103)50(54(105-15)40-20-22-41(88)23-21-40)84-59(97)45(24-25-46(69)89)86(14)64(102)44(29-31(3)4)80-58(96)43(19-17-27-76-68(73)74)79-61(99)48(38(11)87)82-62(49)100/h20-23,30-39,42-45,47-54,87-88,90-92H,16-19,24-29H2,1-15H3,(H2,69,89)(H2,70,93)(H,77,94)(H,78,95)(H,79,99)(H,80,96)(H,81,101)(H,82,100)(H,83,98)(H,84,97)(H4,71,72,75)(H4,73,74,76)/t32-,33+,34-,35-,36-,37+,38-,39-,42+,43-,44+,45+,47?,48-,49-,50-,51-,52-,53-,54-/m1/s1. The van der Waals surface area contributed by atoms with Crippen LogP contribution in [0.1, 0.15) is 146 Å². The number of aliphatic hydroxyl groups is 4. The smallest absolute Gasteiger partial charge is 0.328 e. The first-order chi connectivity index (χ1) is 49.3. The zero-order valence-corrected chi connectivity index (χ0v) is 63.2. The van der Waals surface area contributed by atoms with E-state index in [4.69, 9.17) is 43.9 Å². The molecule has 1 fully saturated rings. The molecule has 106 heavy (non-hydrogen) atoms. The molecule has 1 unspecified atom stereocenters. The number of ether oxygens (including phenoxy) is 2. The van der Waals surface area contributed by atoms with Crippen LogP contribution < -0.4 is 76.9 Å². The van der Waals surface area contributed by atoms with E-state index in [0.717, 1.165) is 37.6 Å². The molecular formula is C68H116N18O20. The number of guanidine groups is 2. The second kappa shape index (κ2) is 43.8. The molecule has 12 amide bonds. The number of benzene rings is 1. The van der Waals surface area contributed by atoms with Gasteiger partial charge in [0.25, 0.3) is 5.91 Å². The van der Waals surface area contributed by atoms with Gasteiger partial charge in [0.2, 0.25) is 65.0 Å². The zero-order valence-electron chi connectivity index (χ0n) is 63.2. The Labute approximate surface area is 617 Å². The highest BCUT2D eigenvalue weighted by Crippen LogP contribution is 2.27. The third-order valence-corrected chi connectivity index (χ3v) is 18.5. The van der Waals surface area contributed by atoms with Gasteiger partial charge in [0, 0.05) is 46.6 Å². The van der Waals surface area contributed by atoms with Crippen molar-refractivity contribution in [1.29, 1.82) is 0 Å². The van der Waals surface area contributed by atoms with Crippen molar-refractivity contribution in [3.8, 4) is 5.75 Å². The highest BCUT2D eigenvalue weighted by molar-refractivity contribution is 5.99. The molecule has 25 N–H and O–H groups in total. The van der Waals surface area contributed by atoms with E-state index in [1.54, 1.807) is 20.8 Å². The van der Waals surface area contributed by atoms with Gasteiger partial charge in [-0.15, -0.1) is 0 Å². The van der Waals surface area contributed by atoms with Crippen molar-refractivity contribution in [2.75, 3.05) is 34.3 Å². The van der Waals surface area contributed by atoms with Crippen LogP contribution in [0.4, 0.5) is 0 Å². The van der Waals surface area contributed by atoms with Crippen molar-refractivity contribution >= 4 is 88.8 Å². The molecule has 0 spiro atoms. The lowest BCUT2D eigenvalue weighted by atomic mass is 9.87. The number of amides is 12. The average molecular weight is 1510 g/mol. The molecule has 598 valence electrons. The molecule has 0 bridgehead atoms. The summed E-state index contributed by atoms with van der Waals surface area (Å²) in [5, 5.41) is 75.7. The maximum Gasteiger partial charge on any atom is 0.328 e. The molecule has 2 rings (SSSR count). The number of likely N-dealkylation sites (N-methyl/N-ethyl adjacent to an activating group) is 2. The first kappa shape index (κ1) is 92.6. The van der Waals surface area contributed by atoms with Gasteiger partial charge in [-0.1, -0.05) is 67.5 Å². The number of phenols is 1. The second-order valence-corrected chi connectivity index (χ2v) is 28.0. The molecule has 1 saturated heterocycles. The van der Waals surface area contributed by atoms with Gasteiger partial charge in [-0.2, -0.15) is 0 Å². The fourth-order valence-electron chi connectivity index (χ4n) is 11.7. The van der Waals surface area contributed by atoms with Gasteiger partial charge in [-0.05, 0) is 114 Å². The van der Waals surface area contributed by atoms with Crippen LogP contribution in [-0.4, -0.2) is 249 Å². The summed E-state index contributed by atoms with van der Waals surface area (Å²) < 4.78 is 11.7. The number of aliphatic imine (C=N–C) groups is 2. The minimum absolute atomic E-state index is 0.00975. The van der Waals surface area contributed by atoms with E-state index in [1.165, 1.54) is 66.1 Å². The number of carbonyl (C=O) groups excluding carboxylic acids is 13. The third kappa shape index (κ3) is 28.7. The first-order valence-corrected chi connectivity index (χ1v) is 35.2. The van der Waals surface area contributed by atoms with Crippen LogP contribution in [0.2, 0.25) is 0 Å². The summed E-state index contributed by atoms with van der Waals surface area (Å²) in [5.74, 6) is -19.8. The van der Waals surface area contributed by atoms with Gasteiger partial charge < -0.3 is 122 Å². The average Bonchev–Trinajstić information content (AvgIpc) is 0.811. The Kier molecular flexibility index (Phi) is 38.2. The summed E-state index contributed by atoms with van der Waals surface area (Å²) in [5.41, 5.74) is 33.6. The third-order valence-electron chi connectivity index (χ3n) is 18.5. The van der Waals surface area contributed by atoms with E-state index >= 15 is 14.4 Å². The van der Waals surface area contributed by atoms with E-state index in [2.05, 4.69) is 52.5 Å². The molecule has 1 aliphatic rings. The Bertz CT molecular complexity index is 3230. The van der Waals surface area contributed by atoms with Crippen molar-refractivity contribution in [3.05, 3.63) is 29.8 Å². The molecule has 38 heteroatoms. The number of phenolic OH excluding ortho intramolecular Hbond substituents is 1. The number of hydrogen-bond acceptors (Lipinski definition) is 22. The summed E-state index contributed by atoms with van der Waals surface area (Å²) >= 11 is 0. The molecule has 1 aromatic carbocycles. The highest BCUT2D eigenvalue weighted by atomic mass is 16.5. The van der Waals surface area contributed by atoms with Crippen LogP contribution in [-0.2, 0) is 71.8 Å². The van der Waals surface area contributed by atoms with Crippen molar-refractivity contribution in [1.82, 2.24) is 52.3 Å². The van der Waals surface area contributed by atoms with Crippen molar-refractivity contribution in [3.63, 3.8) is 0 Å². The predicted molar refractivity (Wildman–Crippen MR) is 386 cm³/mol. The van der Waals surface area contributed by atoms with Gasteiger partial charge in [0.1, 0.15) is 78.4 Å². The molecule has 0 aliphatic carbocycles. The molecule has 1 aliphatic heterocycles. The number of primary amides is 2. The lowest BCUT2D eigenvalue weighted by Gasteiger charge is -2.36. The topological polar surface area (TPSA) is 625 Å². The quantitative estimate of drug-likeness (QED) is 0.0132. The predicted octanol–water partition coefficient (Wildman–Crippen LogP) is -5.44. The van der Waals surface area contributed by atoms with Gasteiger partial charge in [-0.25, -0.2) is 4.79 Å². The van der Waals surface area contributed by atoms with E-state index < -0.39 is 204 Å². The number of nitrogens with one attached hydrogen (secondary N) is 8. The molecule has 1 heterocycles. The molecule has 20 atom stereocenters. The number of methoxy groups -OCH3 is 1. The van der Waals surface area contributed by atoms with Crippen molar-refractivity contribution in [2.45, 2.75) is 231 Å². The number of hydrogen-bond donors (Lipinski definition) is 19. The van der Waals surface area contributed by atoms with Crippen LogP contribution in [0.5, 0.6) is 5.75 Å². The molecule has 0 radical (unpaired) electrons. The van der Waals surface area contributed by atoms with Gasteiger partial charge in [0.05, 0.1) is 24.2 Å². The maximum atomic E-state index is 15.1. The summed E-state index contributed by atoms with van der Waals surface area (Å²) in [6, 6.07) is -12.6. The number of carbonyl (C=O) groups is 13. The highest BCUT2D eigenvalue weighted by Gasteiger charge is 2.45. The van der Waals surface area contributed by atoms with Gasteiger partial charge >= 0.3 is 5.97 Å². The van der Waals surface area contributed by atoms with E-state index in [0.29, 0.717) is 6.42 Å². The number of rotatable bonds is 34. The van der Waals surface area contributed by atoms with Crippen LogP contribution in [0.25, 0.3) is 0 Å². The lowest BCUT2D eigenvalue weighted by Crippen LogP contribution is -2.65. The zero-order chi connectivity index (χ0) is 81.1. The van der Waals surface area contributed by atoms with Crippen molar-refractivity contribution < 1.29 is 97.3 Å². The minimum atomic E-state index is -2.58. The lowest BCUT2D eigenvalue weighted by molar-refractivity contribution is -0.162. The van der Waals surface area contributed by atoms with Crippen LogP contribution in [0.15, 0.2) is 34.3 Å². The monoisotopic (exact) mass is 1500 g/mol. The Morgan fingerprint density at radius 2 is 1.19 bits per heavy atom. The van der Waals surface area contributed by atoms with E-state index in [1.807, 2.05) is 13.8 Å². The fraction of sp³-hybridized carbons (Fsp3) is 0.691. The summed E-state index contributed by atoms with van der Waals surface area (Å²) in [6.07, 6.45) is -12.4. The number of aromatic hydroxyl groups is 1. The first-order valence-electron chi connectivity index (χ1n) is 35.2. The van der Waals surface area contributed by atoms with Gasteiger partial charge in [-0.3, -0.25) is 67.5 Å². The number of nitrogens with zero attached hydrogens (tertiary/aromatic N) is 4. The molecular weight excluding hydrogens is 1390 g/mol. The van der Waals surface area contributed by atoms with E-state index in [9.17, 15) is 73.5 Å². The summed E-state index contributed by atoms with van der Waals surface area (Å²) in [4.78, 5) is 196. The SMILES string of the molecule is CO[C@H](c1ccc(O)cc1)[C@H]1NC(=O)[C@H](CCC(N)=O)N(C)C(=O)[C@H](CC(C)C)NC(=O)[C@@H](CCCN=C(N)N)NC(=O)[C@@H]([C@@H](C)O)NC(=O)[C@H](NC(=O)C(NC(=O)[C@H](O)[C@H](O)[C@H](CCCN=C(N)N)NC(=O)[C@@H](C)NC(=O)[C@H](C)[C@H](O)[C@H](C)CC(C)C)[C@@H](C)[C@@H](C)C(N)=O)[C@@H](C)OC(=O)[C@H](C)N(C)C1=O. The number of esters is 1. The molecule has 0 saturated carbocycles. The van der Waals surface area contributed by atoms with Gasteiger partial charge in [0.15, 0.2) is 18.0 Å². The van der Waals surface area contributed by atoms with Crippen LogP contribution >= 0.6 is 0 Å². The molecule has 38 nitrogen and oxygen atoms in total. The second-order valence-electron chi connectivity index (χ2n) is 28.0. The van der Waals surface area contributed by atoms with Crippen molar-refractivity contribution in [2.24, 2.45) is 79.9 Å². The number of aliphatic hydroxyl groups excluding tert-OH is 4. The Morgan fingerprint density at radius 1 is 0.623 bits per heavy atom. The fourth-order valence-corrected chi connectivity index (χ4v) is 11.7. The Balaban J connectivity index is 3.02. The van der Waals surface area contributed by atoms with Crippen LogP contribution in [0.3, 0.4) is 0 Å². The minimum Gasteiger partial charge on any atom is -0.508 e. The number of nitrogens with two attached hydrogens (primary N) is 6. The Morgan fingerprint density at radius 3 is 1.72 bits per heavy atom. The van der Waals surface area contributed by atoms with Crippen LogP contribution in [0, 0.1) is 35.5 Å². The summed E-state index contributed by atoms with van der Waals surface area (Å²) in [6.45, 7) is 17.4. The molecule has 0 aromatic heterocycles. The van der Waals surface area contributed by atoms with E-state index in [-0.39, 0.29) is 86.2 Å². The maximum absolute atomic E-state index is 15.1. The molecule has 1 aromatic rings. The largest absolute Gasteiger partial charge is 0.508 e. The number of cyclic esters (lactones) is 1.